The van der Waals surface area contributed by atoms with Crippen LogP contribution in [0.4, 0.5) is 0 Å². The van der Waals surface area contributed by atoms with Crippen molar-refractivity contribution in [1.29, 1.82) is 0 Å². The zero-order valence-electron chi connectivity index (χ0n) is 10.1. The summed E-state index contributed by atoms with van der Waals surface area (Å²) in [6, 6.07) is 6.12. The van der Waals surface area contributed by atoms with Crippen molar-refractivity contribution in [3.63, 3.8) is 0 Å². The molecule has 1 rings (SSSR count). The van der Waals surface area contributed by atoms with E-state index in [2.05, 4.69) is 11.9 Å². The number of hydrogen-bond acceptors (Lipinski definition) is 4. The number of carbonyl (C=O) groups excluding carboxylic acids is 2. The molecule has 5 heteroatoms. The van der Waals surface area contributed by atoms with Crippen LogP contribution in [-0.4, -0.2) is 30.1 Å². The number of nitrogens with one attached hydrogen (secondary N) is 1. The van der Waals surface area contributed by atoms with Gasteiger partial charge in [-0.05, 0) is 31.2 Å². The van der Waals surface area contributed by atoms with Crippen molar-refractivity contribution in [2.45, 2.75) is 6.92 Å². The van der Waals surface area contributed by atoms with Crippen LogP contribution < -0.4 is 10.1 Å². The Labute approximate surface area is 105 Å². The second-order valence-corrected chi connectivity index (χ2v) is 3.67. The van der Waals surface area contributed by atoms with Crippen LogP contribution in [0, 0.1) is 0 Å². The Morgan fingerprint density at radius 1 is 1.33 bits per heavy atom. The Morgan fingerprint density at radius 3 is 2.44 bits per heavy atom. The molecule has 0 aliphatic rings. The maximum absolute atomic E-state index is 11.5. The summed E-state index contributed by atoms with van der Waals surface area (Å²) in [6.07, 6.45) is 0. The summed E-state index contributed by atoms with van der Waals surface area (Å²) < 4.78 is 4.98. The Bertz CT molecular complexity index is 451. The number of ether oxygens (including phenoxy) is 1. The molecule has 96 valence electrons. The lowest BCUT2D eigenvalue weighted by molar-refractivity contribution is -0.130. The number of amides is 1. The molecule has 5 nitrogen and oxygen atoms in total. The maximum Gasteiger partial charge on any atom is 0.338 e. The van der Waals surface area contributed by atoms with Crippen LogP contribution in [0.1, 0.15) is 17.3 Å². The molecule has 0 heterocycles. The van der Waals surface area contributed by atoms with Gasteiger partial charge in [-0.25, -0.2) is 4.79 Å². The Hall–Kier alpha value is -2.14. The molecule has 0 spiro atoms. The number of hydrogen-bond donors (Lipinski definition) is 2. The summed E-state index contributed by atoms with van der Waals surface area (Å²) in [6.45, 7) is 5.11. The molecular weight excluding hydrogens is 234 g/mol. The van der Waals surface area contributed by atoms with Gasteiger partial charge < -0.3 is 15.2 Å². The van der Waals surface area contributed by atoms with Gasteiger partial charge in [-0.1, -0.05) is 6.58 Å². The monoisotopic (exact) mass is 249 g/mol. The van der Waals surface area contributed by atoms with Crippen molar-refractivity contribution in [2.75, 3.05) is 13.2 Å². The minimum atomic E-state index is -0.507. The molecule has 0 unspecified atom stereocenters. The summed E-state index contributed by atoms with van der Waals surface area (Å²) in [5.41, 5.74) is 0.735. The predicted octanol–water partition coefficient (Wildman–Crippen LogP) is 0.890. The van der Waals surface area contributed by atoms with Crippen molar-refractivity contribution in [2.24, 2.45) is 0 Å². The number of benzene rings is 1. The number of esters is 1. The summed E-state index contributed by atoms with van der Waals surface area (Å²) in [5.74, 6) is -0.448. The van der Waals surface area contributed by atoms with Gasteiger partial charge in [-0.2, -0.15) is 0 Å². The zero-order valence-corrected chi connectivity index (χ0v) is 10.1. The van der Waals surface area contributed by atoms with E-state index in [9.17, 15) is 9.59 Å². The molecule has 0 bridgehead atoms. The third kappa shape index (κ3) is 4.03. The minimum Gasteiger partial charge on any atom is -0.423 e. The molecule has 2 N–H and O–H groups in total. The van der Waals surface area contributed by atoms with E-state index >= 15 is 0 Å². The van der Waals surface area contributed by atoms with E-state index in [0.717, 1.165) is 0 Å². The van der Waals surface area contributed by atoms with Crippen LogP contribution in [0.25, 0.3) is 0 Å². The third-order valence-corrected chi connectivity index (χ3v) is 2.07. The zero-order chi connectivity index (χ0) is 13.5. The molecule has 0 saturated carbocycles. The number of aliphatic hydroxyl groups is 1. The largest absolute Gasteiger partial charge is 0.423 e. The second-order valence-electron chi connectivity index (χ2n) is 3.67. The quantitative estimate of drug-likeness (QED) is 0.461. The highest BCUT2D eigenvalue weighted by Gasteiger charge is 2.07. The lowest BCUT2D eigenvalue weighted by atomic mass is 10.2. The molecule has 0 aliphatic carbocycles. The topological polar surface area (TPSA) is 75.6 Å². The first-order chi connectivity index (χ1) is 8.54. The summed E-state index contributed by atoms with van der Waals surface area (Å²) >= 11 is 0. The highest BCUT2D eigenvalue weighted by Crippen LogP contribution is 2.13. The van der Waals surface area contributed by atoms with Crippen molar-refractivity contribution < 1.29 is 19.4 Å². The minimum absolute atomic E-state index is 0.111. The van der Waals surface area contributed by atoms with Gasteiger partial charge in [-0.3, -0.25) is 4.79 Å². The van der Waals surface area contributed by atoms with E-state index < -0.39 is 5.97 Å². The second kappa shape index (κ2) is 6.56. The summed E-state index contributed by atoms with van der Waals surface area (Å²) in [7, 11) is 0. The Kier molecular flexibility index (Phi) is 5.07. The van der Waals surface area contributed by atoms with Gasteiger partial charge in [0.1, 0.15) is 5.75 Å². The fraction of sp³-hybridized carbons (Fsp3) is 0.231. The highest BCUT2D eigenvalue weighted by atomic mass is 16.5. The van der Waals surface area contributed by atoms with E-state index in [0.29, 0.717) is 16.9 Å². The van der Waals surface area contributed by atoms with Gasteiger partial charge >= 0.3 is 5.97 Å². The average Bonchev–Trinajstić information content (AvgIpc) is 2.36. The fourth-order valence-electron chi connectivity index (χ4n) is 1.14. The Morgan fingerprint density at radius 2 is 1.94 bits per heavy atom. The van der Waals surface area contributed by atoms with Crippen LogP contribution in [0.2, 0.25) is 0 Å². The van der Waals surface area contributed by atoms with Gasteiger partial charge in [0.15, 0.2) is 0 Å². The SMILES string of the molecule is C=C(C)C(=O)Oc1ccc(C(=O)NCCO)cc1. The molecule has 1 aromatic carbocycles. The van der Waals surface area contributed by atoms with E-state index in [1.165, 1.54) is 24.3 Å². The van der Waals surface area contributed by atoms with Crippen LogP contribution >= 0.6 is 0 Å². The van der Waals surface area contributed by atoms with Crippen molar-refractivity contribution >= 4 is 11.9 Å². The van der Waals surface area contributed by atoms with Crippen LogP contribution in [0.5, 0.6) is 5.75 Å². The molecule has 18 heavy (non-hydrogen) atoms. The van der Waals surface area contributed by atoms with Gasteiger partial charge in [0.05, 0.1) is 6.61 Å². The van der Waals surface area contributed by atoms with E-state index in [1.807, 2.05) is 0 Å². The standard InChI is InChI=1S/C13H15NO4/c1-9(2)13(17)18-11-5-3-10(4-6-11)12(16)14-7-8-15/h3-6,15H,1,7-8H2,2H3,(H,14,16). The van der Waals surface area contributed by atoms with Crippen LogP contribution in [0.15, 0.2) is 36.4 Å². The van der Waals surface area contributed by atoms with Gasteiger partial charge in [0.25, 0.3) is 5.91 Å². The Balaban J connectivity index is 2.65. The molecule has 1 aromatic rings. The molecular formula is C13H15NO4. The van der Waals surface area contributed by atoms with Crippen LogP contribution in [0.3, 0.4) is 0 Å². The summed E-state index contributed by atoms with van der Waals surface area (Å²) in [4.78, 5) is 22.7. The third-order valence-electron chi connectivity index (χ3n) is 2.07. The van der Waals surface area contributed by atoms with Gasteiger partial charge in [0.2, 0.25) is 0 Å². The molecule has 0 saturated heterocycles. The number of rotatable bonds is 5. The first-order valence-corrected chi connectivity index (χ1v) is 5.41. The molecule has 0 radical (unpaired) electrons. The van der Waals surface area contributed by atoms with Gasteiger partial charge in [-0.15, -0.1) is 0 Å². The van der Waals surface area contributed by atoms with E-state index in [4.69, 9.17) is 9.84 Å². The average molecular weight is 249 g/mol. The lowest BCUT2D eigenvalue weighted by Crippen LogP contribution is -2.26. The van der Waals surface area contributed by atoms with Crippen LogP contribution in [-0.2, 0) is 4.79 Å². The lowest BCUT2D eigenvalue weighted by Gasteiger charge is -2.05. The highest BCUT2D eigenvalue weighted by molar-refractivity contribution is 5.94. The molecule has 0 aromatic heterocycles. The summed E-state index contributed by atoms with van der Waals surface area (Å²) in [5, 5.41) is 11.1. The molecule has 0 fully saturated rings. The van der Waals surface area contributed by atoms with Gasteiger partial charge in [0, 0.05) is 17.7 Å². The maximum atomic E-state index is 11.5. The van der Waals surface area contributed by atoms with Crippen molar-refractivity contribution in [1.82, 2.24) is 5.32 Å². The number of carbonyl (C=O) groups is 2. The van der Waals surface area contributed by atoms with Crippen molar-refractivity contribution in [3.05, 3.63) is 42.0 Å². The molecule has 0 atom stereocenters. The first-order valence-electron chi connectivity index (χ1n) is 5.41. The smallest absolute Gasteiger partial charge is 0.338 e. The van der Waals surface area contributed by atoms with Crippen molar-refractivity contribution in [3.8, 4) is 5.75 Å². The van der Waals surface area contributed by atoms with E-state index in [-0.39, 0.29) is 19.1 Å². The predicted molar refractivity (Wildman–Crippen MR) is 66.3 cm³/mol. The number of aliphatic hydroxyl groups excluding tert-OH is 1. The first kappa shape index (κ1) is 13.9. The normalized spacial score (nSPS) is 9.67. The molecule has 1 amide bonds. The molecule has 0 aliphatic heterocycles. The van der Waals surface area contributed by atoms with E-state index in [1.54, 1.807) is 6.92 Å². The fourth-order valence-corrected chi connectivity index (χ4v) is 1.14.